The van der Waals surface area contributed by atoms with Gasteiger partial charge in [-0.25, -0.2) is 8.42 Å². The second-order valence-corrected chi connectivity index (χ2v) is 9.33. The minimum absolute atomic E-state index is 0.344. The maximum absolute atomic E-state index is 12.9. The topological polar surface area (TPSA) is 40.6 Å². The number of anilines is 1. The molecule has 0 aliphatic rings. The highest BCUT2D eigenvalue weighted by Gasteiger charge is 2.26. The third kappa shape index (κ3) is 4.06. The highest BCUT2D eigenvalue weighted by molar-refractivity contribution is 9.11. The number of sulfonamides is 1. The lowest BCUT2D eigenvalue weighted by Crippen LogP contribution is -2.36. The molecule has 0 radical (unpaired) electrons. The van der Waals surface area contributed by atoms with Gasteiger partial charge in [-0.3, -0.25) is 4.31 Å². The van der Waals surface area contributed by atoms with E-state index in [0.717, 1.165) is 3.79 Å². The van der Waals surface area contributed by atoms with Gasteiger partial charge in [-0.1, -0.05) is 18.2 Å². The van der Waals surface area contributed by atoms with Crippen LogP contribution in [0.25, 0.3) is 0 Å². The van der Waals surface area contributed by atoms with Crippen LogP contribution in [0.4, 0.5) is 5.69 Å². The quantitative estimate of drug-likeness (QED) is 0.762. The monoisotopic (exact) mass is 388 g/mol. The fraction of sp³-hybridized carbons (Fsp3) is 0.286. The van der Waals surface area contributed by atoms with E-state index in [1.54, 1.807) is 12.1 Å². The second kappa shape index (κ2) is 6.91. The molecule has 7 heteroatoms. The van der Waals surface area contributed by atoms with Crippen molar-refractivity contribution in [3.8, 4) is 0 Å². The molecule has 0 spiro atoms. The first-order valence-electron chi connectivity index (χ1n) is 6.39. The van der Waals surface area contributed by atoms with Crippen molar-refractivity contribution in [2.24, 2.45) is 0 Å². The molecule has 2 rings (SSSR count). The summed E-state index contributed by atoms with van der Waals surface area (Å²) in [6.07, 6.45) is 0. The van der Waals surface area contributed by atoms with Crippen LogP contribution in [0.3, 0.4) is 0 Å². The van der Waals surface area contributed by atoms with Gasteiger partial charge in [-0.15, -0.1) is 11.3 Å². The SMILES string of the molecule is CN(C)CCN(c1ccccc1)S(=O)(=O)c1ccc(Br)s1. The molecule has 0 N–H and O–H groups in total. The number of hydrogen-bond acceptors (Lipinski definition) is 4. The molecule has 0 bridgehead atoms. The average Bonchev–Trinajstić information content (AvgIpc) is 2.87. The van der Waals surface area contributed by atoms with Crippen LogP contribution in [0, 0.1) is 0 Å². The molecule has 2 aromatic rings. The minimum atomic E-state index is -3.53. The van der Waals surface area contributed by atoms with Gasteiger partial charge in [0.2, 0.25) is 0 Å². The molecular weight excluding hydrogens is 372 g/mol. The summed E-state index contributed by atoms with van der Waals surface area (Å²) < 4.78 is 28.3. The van der Waals surface area contributed by atoms with Crippen LogP contribution in [0.2, 0.25) is 0 Å². The van der Waals surface area contributed by atoms with E-state index in [-0.39, 0.29) is 0 Å². The minimum Gasteiger partial charge on any atom is -0.308 e. The molecule has 0 unspecified atom stereocenters. The molecule has 0 atom stereocenters. The highest BCUT2D eigenvalue weighted by Crippen LogP contribution is 2.30. The van der Waals surface area contributed by atoms with E-state index in [0.29, 0.717) is 23.0 Å². The van der Waals surface area contributed by atoms with Gasteiger partial charge in [-0.05, 0) is 54.3 Å². The van der Waals surface area contributed by atoms with Crippen molar-refractivity contribution < 1.29 is 8.42 Å². The van der Waals surface area contributed by atoms with Gasteiger partial charge in [0, 0.05) is 13.1 Å². The van der Waals surface area contributed by atoms with Gasteiger partial charge in [-0.2, -0.15) is 0 Å². The predicted molar refractivity (Wildman–Crippen MR) is 91.5 cm³/mol. The van der Waals surface area contributed by atoms with Crippen LogP contribution in [0.5, 0.6) is 0 Å². The zero-order chi connectivity index (χ0) is 15.5. The van der Waals surface area contributed by atoms with Crippen molar-refractivity contribution >= 4 is 43.0 Å². The molecule has 0 saturated carbocycles. The summed E-state index contributed by atoms with van der Waals surface area (Å²) in [6.45, 7) is 1.07. The van der Waals surface area contributed by atoms with Gasteiger partial charge < -0.3 is 4.90 Å². The Balaban J connectivity index is 2.39. The Morgan fingerprint density at radius 3 is 2.24 bits per heavy atom. The van der Waals surface area contributed by atoms with Crippen molar-refractivity contribution in [1.82, 2.24) is 4.90 Å². The summed E-state index contributed by atoms with van der Waals surface area (Å²) in [5, 5.41) is 0. The normalized spacial score (nSPS) is 11.8. The van der Waals surface area contributed by atoms with E-state index in [9.17, 15) is 8.42 Å². The largest absolute Gasteiger partial charge is 0.308 e. The zero-order valence-electron chi connectivity index (χ0n) is 11.9. The van der Waals surface area contributed by atoms with Gasteiger partial charge in [0.25, 0.3) is 10.0 Å². The molecule has 1 aromatic heterocycles. The van der Waals surface area contributed by atoms with Crippen LogP contribution in [-0.4, -0.2) is 40.5 Å². The van der Waals surface area contributed by atoms with Gasteiger partial charge in [0.1, 0.15) is 4.21 Å². The standard InChI is InChI=1S/C14H17BrN2O2S2/c1-16(2)10-11-17(12-6-4-3-5-7-12)21(18,19)14-9-8-13(15)20-14/h3-9H,10-11H2,1-2H3. The molecule has 21 heavy (non-hydrogen) atoms. The third-order valence-electron chi connectivity index (χ3n) is 2.89. The van der Waals surface area contributed by atoms with E-state index >= 15 is 0 Å². The van der Waals surface area contributed by atoms with E-state index in [4.69, 9.17) is 0 Å². The van der Waals surface area contributed by atoms with Crippen LogP contribution < -0.4 is 4.31 Å². The number of thiophene rings is 1. The number of halogens is 1. The molecule has 1 heterocycles. The van der Waals surface area contributed by atoms with Crippen molar-refractivity contribution in [3.05, 3.63) is 46.3 Å². The van der Waals surface area contributed by atoms with Crippen molar-refractivity contribution in [1.29, 1.82) is 0 Å². The Kier molecular flexibility index (Phi) is 5.43. The number of para-hydroxylation sites is 1. The predicted octanol–water partition coefficient (Wildman–Crippen LogP) is 3.27. The summed E-state index contributed by atoms with van der Waals surface area (Å²) in [6, 6.07) is 12.6. The van der Waals surface area contributed by atoms with Crippen molar-refractivity contribution in [3.63, 3.8) is 0 Å². The summed E-state index contributed by atoms with van der Waals surface area (Å²) >= 11 is 4.54. The van der Waals surface area contributed by atoms with E-state index < -0.39 is 10.0 Å². The Morgan fingerprint density at radius 2 is 1.71 bits per heavy atom. The molecule has 0 fully saturated rings. The summed E-state index contributed by atoms with van der Waals surface area (Å²) in [5.74, 6) is 0. The van der Waals surface area contributed by atoms with Crippen LogP contribution in [-0.2, 0) is 10.0 Å². The van der Waals surface area contributed by atoms with Gasteiger partial charge in [0.15, 0.2) is 0 Å². The summed E-state index contributed by atoms with van der Waals surface area (Å²) in [4.78, 5) is 1.97. The van der Waals surface area contributed by atoms with E-state index in [1.165, 1.54) is 15.6 Å². The second-order valence-electron chi connectivity index (χ2n) is 4.77. The number of rotatable bonds is 6. The average molecular weight is 389 g/mol. The first-order chi connectivity index (χ1) is 9.91. The first kappa shape index (κ1) is 16.5. The molecule has 114 valence electrons. The molecule has 0 aliphatic heterocycles. The Morgan fingerprint density at radius 1 is 1.05 bits per heavy atom. The first-order valence-corrected chi connectivity index (χ1v) is 9.44. The molecule has 4 nitrogen and oxygen atoms in total. The van der Waals surface area contributed by atoms with Crippen LogP contribution in [0.15, 0.2) is 50.5 Å². The summed E-state index contributed by atoms with van der Waals surface area (Å²) in [5.41, 5.74) is 0.684. The molecule has 0 aliphatic carbocycles. The van der Waals surface area contributed by atoms with E-state index in [2.05, 4.69) is 15.9 Å². The van der Waals surface area contributed by atoms with Gasteiger partial charge >= 0.3 is 0 Å². The smallest absolute Gasteiger partial charge is 0.273 e. The van der Waals surface area contributed by atoms with E-state index in [1.807, 2.05) is 49.3 Å². The molecule has 0 amide bonds. The molecule has 1 aromatic carbocycles. The van der Waals surface area contributed by atoms with Crippen molar-refractivity contribution in [2.75, 3.05) is 31.5 Å². The zero-order valence-corrected chi connectivity index (χ0v) is 15.1. The fourth-order valence-corrected chi connectivity index (χ4v) is 5.40. The number of benzene rings is 1. The number of nitrogens with zero attached hydrogens (tertiary/aromatic N) is 2. The van der Waals surface area contributed by atoms with Crippen LogP contribution >= 0.6 is 27.3 Å². The fourth-order valence-electron chi connectivity index (χ4n) is 1.82. The Bertz CT molecular complexity index is 684. The Labute approximate surface area is 138 Å². The van der Waals surface area contributed by atoms with Crippen LogP contribution in [0.1, 0.15) is 0 Å². The van der Waals surface area contributed by atoms with Crippen molar-refractivity contribution in [2.45, 2.75) is 4.21 Å². The third-order valence-corrected chi connectivity index (χ3v) is 6.81. The molecular formula is C14H17BrN2O2S2. The summed E-state index contributed by atoms with van der Waals surface area (Å²) in [7, 11) is 0.322. The van der Waals surface area contributed by atoms with Gasteiger partial charge in [0.05, 0.1) is 9.47 Å². The number of hydrogen-bond donors (Lipinski definition) is 0. The lowest BCUT2D eigenvalue weighted by Gasteiger charge is -2.25. The maximum atomic E-state index is 12.9. The lowest BCUT2D eigenvalue weighted by atomic mass is 10.3. The lowest BCUT2D eigenvalue weighted by molar-refractivity contribution is 0.419. The maximum Gasteiger partial charge on any atom is 0.273 e. The Hall–Kier alpha value is -0.890. The molecule has 0 saturated heterocycles. The number of likely N-dealkylation sites (N-methyl/N-ethyl adjacent to an activating group) is 1. The highest BCUT2D eigenvalue weighted by atomic mass is 79.9.